The molecule has 1 aromatic rings. The summed E-state index contributed by atoms with van der Waals surface area (Å²) in [4.78, 5) is 9.77. The third-order valence-electron chi connectivity index (χ3n) is 0.898. The van der Waals surface area contributed by atoms with Crippen molar-refractivity contribution in [3.05, 3.63) is 23.2 Å². The SMILES string of the molecule is C=Cc1cc(N=O)n[nH]1. The largest absolute Gasteiger partial charge is 0.276 e. The zero-order valence-electron chi connectivity index (χ0n) is 4.66. The summed E-state index contributed by atoms with van der Waals surface area (Å²) >= 11 is 0. The van der Waals surface area contributed by atoms with Gasteiger partial charge in [-0.3, -0.25) is 5.10 Å². The van der Waals surface area contributed by atoms with Gasteiger partial charge in [0.05, 0.1) is 5.69 Å². The topological polar surface area (TPSA) is 58.1 Å². The standard InChI is InChI=1S/C5H5N3O/c1-2-4-3-5(8-9)7-6-4/h2-3H,1H2,(H,6,7). The second kappa shape index (κ2) is 2.21. The van der Waals surface area contributed by atoms with E-state index < -0.39 is 0 Å². The van der Waals surface area contributed by atoms with Gasteiger partial charge < -0.3 is 0 Å². The first kappa shape index (κ1) is 5.68. The van der Waals surface area contributed by atoms with Gasteiger partial charge in [-0.15, -0.1) is 4.91 Å². The molecule has 0 fully saturated rings. The van der Waals surface area contributed by atoms with Gasteiger partial charge >= 0.3 is 0 Å². The Bertz CT molecular complexity index is 205. The van der Waals surface area contributed by atoms with E-state index in [1.54, 1.807) is 6.08 Å². The lowest BCUT2D eigenvalue weighted by atomic mass is 10.4. The Morgan fingerprint density at radius 2 is 2.67 bits per heavy atom. The molecule has 0 amide bonds. The molecule has 0 aliphatic rings. The van der Waals surface area contributed by atoms with E-state index >= 15 is 0 Å². The average molecular weight is 123 g/mol. The van der Waals surface area contributed by atoms with Crippen LogP contribution in [0.25, 0.3) is 6.08 Å². The Labute approximate surface area is 51.6 Å². The van der Waals surface area contributed by atoms with E-state index in [1.165, 1.54) is 6.07 Å². The van der Waals surface area contributed by atoms with E-state index in [9.17, 15) is 4.91 Å². The second-order valence-corrected chi connectivity index (χ2v) is 1.48. The van der Waals surface area contributed by atoms with Crippen molar-refractivity contribution < 1.29 is 0 Å². The predicted octanol–water partition coefficient (Wildman–Crippen LogP) is 1.45. The summed E-state index contributed by atoms with van der Waals surface area (Å²) in [5, 5.41) is 8.67. The van der Waals surface area contributed by atoms with Crippen LogP contribution in [0.5, 0.6) is 0 Å². The van der Waals surface area contributed by atoms with Gasteiger partial charge in [0.25, 0.3) is 0 Å². The molecule has 0 aromatic carbocycles. The smallest absolute Gasteiger partial charge is 0.217 e. The fourth-order valence-electron chi connectivity index (χ4n) is 0.477. The third-order valence-corrected chi connectivity index (χ3v) is 0.898. The Kier molecular flexibility index (Phi) is 1.40. The molecule has 0 unspecified atom stereocenters. The van der Waals surface area contributed by atoms with Crippen molar-refractivity contribution in [1.29, 1.82) is 0 Å². The van der Waals surface area contributed by atoms with Crippen LogP contribution in [0.3, 0.4) is 0 Å². The highest BCUT2D eigenvalue weighted by atomic mass is 16.3. The average Bonchev–Trinajstić information content (AvgIpc) is 2.34. The molecule has 1 heterocycles. The van der Waals surface area contributed by atoms with E-state index in [4.69, 9.17) is 0 Å². The lowest BCUT2D eigenvalue weighted by Crippen LogP contribution is -1.66. The zero-order valence-corrected chi connectivity index (χ0v) is 4.66. The molecule has 0 radical (unpaired) electrons. The van der Waals surface area contributed by atoms with E-state index in [-0.39, 0.29) is 5.82 Å². The Morgan fingerprint density at radius 1 is 1.89 bits per heavy atom. The van der Waals surface area contributed by atoms with Gasteiger partial charge in [-0.25, -0.2) is 0 Å². The molecule has 0 saturated heterocycles. The molecule has 46 valence electrons. The number of hydrogen-bond donors (Lipinski definition) is 1. The molecule has 4 nitrogen and oxygen atoms in total. The minimum absolute atomic E-state index is 0.157. The van der Waals surface area contributed by atoms with Crippen LogP contribution in [0.2, 0.25) is 0 Å². The molecule has 1 N–H and O–H groups in total. The molecule has 0 atom stereocenters. The van der Waals surface area contributed by atoms with Crippen LogP contribution in [0.15, 0.2) is 17.8 Å². The molecule has 0 aliphatic carbocycles. The van der Waals surface area contributed by atoms with Crippen LogP contribution >= 0.6 is 0 Å². The number of rotatable bonds is 2. The van der Waals surface area contributed by atoms with Crippen LogP contribution in [0.1, 0.15) is 5.69 Å². The maximum atomic E-state index is 9.77. The molecule has 1 rings (SSSR count). The summed E-state index contributed by atoms with van der Waals surface area (Å²) in [6.45, 7) is 3.46. The number of nitrogens with zero attached hydrogens (tertiary/aromatic N) is 2. The first-order valence-corrected chi connectivity index (χ1v) is 2.38. The Balaban J connectivity index is 2.98. The van der Waals surface area contributed by atoms with Crippen molar-refractivity contribution in [3.8, 4) is 0 Å². The number of aromatic amines is 1. The van der Waals surface area contributed by atoms with Gasteiger partial charge in [0.15, 0.2) is 0 Å². The molecule has 9 heavy (non-hydrogen) atoms. The maximum absolute atomic E-state index is 9.77. The van der Waals surface area contributed by atoms with Crippen molar-refractivity contribution >= 4 is 11.9 Å². The number of nitroso groups, excluding NO2 is 1. The number of H-pyrrole nitrogens is 1. The van der Waals surface area contributed by atoms with Crippen LogP contribution in [0, 0.1) is 4.91 Å². The van der Waals surface area contributed by atoms with E-state index in [2.05, 4.69) is 22.0 Å². The van der Waals surface area contributed by atoms with Crippen LogP contribution in [0.4, 0.5) is 5.82 Å². The fraction of sp³-hybridized carbons (Fsp3) is 0. The summed E-state index contributed by atoms with van der Waals surface area (Å²) in [5.41, 5.74) is 0.699. The zero-order chi connectivity index (χ0) is 6.69. The molecule has 0 aliphatic heterocycles. The van der Waals surface area contributed by atoms with Crippen molar-refractivity contribution in [2.45, 2.75) is 0 Å². The van der Waals surface area contributed by atoms with Crippen molar-refractivity contribution in [1.82, 2.24) is 10.2 Å². The van der Waals surface area contributed by atoms with Gasteiger partial charge in [-0.1, -0.05) is 6.58 Å². The minimum atomic E-state index is 0.157. The molecular formula is C5H5N3O. The lowest BCUT2D eigenvalue weighted by Gasteiger charge is -1.72. The normalized spacial score (nSPS) is 8.89. The van der Waals surface area contributed by atoms with Crippen LogP contribution in [-0.2, 0) is 0 Å². The molecule has 1 aromatic heterocycles. The molecular weight excluding hydrogens is 118 g/mol. The van der Waals surface area contributed by atoms with Gasteiger partial charge in [0, 0.05) is 6.07 Å². The van der Waals surface area contributed by atoms with E-state index in [0.717, 1.165) is 0 Å². The third kappa shape index (κ3) is 1.02. The van der Waals surface area contributed by atoms with E-state index in [1.807, 2.05) is 0 Å². The summed E-state index contributed by atoms with van der Waals surface area (Å²) in [5.74, 6) is 0.157. The Hall–Kier alpha value is -1.45. The van der Waals surface area contributed by atoms with Crippen LogP contribution < -0.4 is 0 Å². The van der Waals surface area contributed by atoms with Crippen molar-refractivity contribution in [2.75, 3.05) is 0 Å². The summed E-state index contributed by atoms with van der Waals surface area (Å²) in [6.07, 6.45) is 1.56. The predicted molar refractivity (Wildman–Crippen MR) is 34.1 cm³/mol. The lowest BCUT2D eigenvalue weighted by molar-refractivity contribution is 1.07. The highest BCUT2D eigenvalue weighted by Gasteiger charge is 1.93. The Morgan fingerprint density at radius 3 is 3.00 bits per heavy atom. The van der Waals surface area contributed by atoms with E-state index in [0.29, 0.717) is 5.69 Å². The number of hydrogen-bond acceptors (Lipinski definition) is 3. The van der Waals surface area contributed by atoms with Gasteiger partial charge in [-0.05, 0) is 11.3 Å². The van der Waals surface area contributed by atoms with Gasteiger partial charge in [-0.2, -0.15) is 5.10 Å². The fourth-order valence-corrected chi connectivity index (χ4v) is 0.477. The molecule has 0 saturated carbocycles. The minimum Gasteiger partial charge on any atom is -0.276 e. The molecule has 0 bridgehead atoms. The summed E-state index contributed by atoms with van der Waals surface area (Å²) in [7, 11) is 0. The van der Waals surface area contributed by atoms with Crippen LogP contribution in [-0.4, -0.2) is 10.2 Å². The highest BCUT2D eigenvalue weighted by Crippen LogP contribution is 2.07. The van der Waals surface area contributed by atoms with Gasteiger partial charge in [0.1, 0.15) is 0 Å². The van der Waals surface area contributed by atoms with Gasteiger partial charge in [0.2, 0.25) is 5.82 Å². The monoisotopic (exact) mass is 123 g/mol. The number of aromatic nitrogens is 2. The molecule has 4 heteroatoms. The first-order valence-electron chi connectivity index (χ1n) is 2.38. The highest BCUT2D eigenvalue weighted by molar-refractivity contribution is 5.46. The maximum Gasteiger partial charge on any atom is 0.217 e. The second-order valence-electron chi connectivity index (χ2n) is 1.48. The molecule has 0 spiro atoms. The quantitative estimate of drug-likeness (QED) is 0.605. The summed E-state index contributed by atoms with van der Waals surface area (Å²) < 4.78 is 0. The van der Waals surface area contributed by atoms with Crippen molar-refractivity contribution in [2.24, 2.45) is 5.18 Å². The van der Waals surface area contributed by atoms with Crippen molar-refractivity contribution in [3.63, 3.8) is 0 Å². The first-order chi connectivity index (χ1) is 4.36. The summed E-state index contributed by atoms with van der Waals surface area (Å²) in [6, 6.07) is 1.51. The number of nitrogens with one attached hydrogen (secondary N) is 1.